The van der Waals surface area contributed by atoms with E-state index in [1.54, 1.807) is 20.8 Å². The summed E-state index contributed by atoms with van der Waals surface area (Å²) in [7, 11) is 0. The minimum Gasteiger partial charge on any atom is -0.393 e. The van der Waals surface area contributed by atoms with Crippen molar-refractivity contribution in [3.63, 3.8) is 0 Å². The number of amides is 1. The molecule has 0 aliphatic heterocycles. The zero-order valence-electron chi connectivity index (χ0n) is 12.5. The first kappa shape index (κ1) is 15.3. The largest absolute Gasteiger partial charge is 0.393 e. The summed E-state index contributed by atoms with van der Waals surface area (Å²) in [6.07, 6.45) is 1.08. The summed E-state index contributed by atoms with van der Waals surface area (Å²) in [6, 6.07) is 0.312. The van der Waals surface area contributed by atoms with Gasteiger partial charge in [0.15, 0.2) is 11.6 Å². The molecule has 8 nitrogen and oxygen atoms in total. The normalized spacial score (nSPS) is 17.1. The second kappa shape index (κ2) is 6.13. The van der Waals surface area contributed by atoms with Crippen LogP contribution >= 0.6 is 0 Å². The Labute approximate surface area is 123 Å². The lowest BCUT2D eigenvalue weighted by molar-refractivity contribution is -0.134. The zero-order chi connectivity index (χ0) is 15.6. The third-order valence-electron chi connectivity index (χ3n) is 3.13. The molecular formula is C13H22N6O2. The maximum atomic E-state index is 11.8. The first-order valence-electron chi connectivity index (χ1n) is 6.98. The van der Waals surface area contributed by atoms with Crippen molar-refractivity contribution in [2.45, 2.75) is 52.0 Å². The van der Waals surface area contributed by atoms with E-state index in [0.29, 0.717) is 17.7 Å². The number of nitrogens with two attached hydrogens (primary N) is 2. The Morgan fingerprint density at radius 2 is 2.00 bits per heavy atom. The molecule has 1 fully saturated rings. The van der Waals surface area contributed by atoms with Gasteiger partial charge in [0.2, 0.25) is 5.91 Å². The molecular weight excluding hydrogens is 272 g/mol. The highest BCUT2D eigenvalue weighted by Crippen LogP contribution is 2.22. The van der Waals surface area contributed by atoms with E-state index in [9.17, 15) is 4.79 Å². The van der Waals surface area contributed by atoms with E-state index in [1.807, 2.05) is 0 Å². The zero-order valence-corrected chi connectivity index (χ0v) is 12.5. The van der Waals surface area contributed by atoms with Gasteiger partial charge >= 0.3 is 0 Å². The first-order chi connectivity index (χ1) is 9.86. The smallest absolute Gasteiger partial charge is 0.249 e. The van der Waals surface area contributed by atoms with Gasteiger partial charge in [-0.3, -0.25) is 4.79 Å². The van der Waals surface area contributed by atoms with Crippen molar-refractivity contribution in [3.05, 3.63) is 5.82 Å². The van der Waals surface area contributed by atoms with Crippen LogP contribution in [0.2, 0.25) is 0 Å². The van der Waals surface area contributed by atoms with Gasteiger partial charge in [0.05, 0.1) is 0 Å². The van der Waals surface area contributed by atoms with Gasteiger partial charge in [0.25, 0.3) is 0 Å². The number of rotatable bonds is 6. The Bertz CT molecular complexity index is 532. The monoisotopic (exact) mass is 294 g/mol. The third-order valence-corrected chi connectivity index (χ3v) is 3.13. The van der Waals surface area contributed by atoms with Gasteiger partial charge in [-0.15, -0.1) is 0 Å². The number of ether oxygens (including phenoxy) is 1. The average molecular weight is 294 g/mol. The number of anilines is 3. The van der Waals surface area contributed by atoms with Gasteiger partial charge in [0, 0.05) is 6.04 Å². The predicted octanol–water partition coefficient (Wildman–Crippen LogP) is 0.391. The van der Waals surface area contributed by atoms with E-state index < -0.39 is 12.3 Å². The highest BCUT2D eigenvalue weighted by Gasteiger charge is 2.26. The fourth-order valence-corrected chi connectivity index (χ4v) is 1.85. The van der Waals surface area contributed by atoms with Gasteiger partial charge in [-0.25, -0.2) is 9.97 Å². The molecule has 21 heavy (non-hydrogen) atoms. The van der Waals surface area contributed by atoms with E-state index in [0.717, 1.165) is 12.8 Å². The Kier molecular flexibility index (Phi) is 4.46. The number of aryl methyl sites for hydroxylation is 1. The summed E-state index contributed by atoms with van der Waals surface area (Å²) >= 11 is 0. The molecule has 0 unspecified atom stereocenters. The fraction of sp³-hybridized carbons (Fsp3) is 0.615. The van der Waals surface area contributed by atoms with Crippen molar-refractivity contribution in [2.75, 3.05) is 16.8 Å². The van der Waals surface area contributed by atoms with Crippen LogP contribution in [0.15, 0.2) is 0 Å². The second-order valence-electron chi connectivity index (χ2n) is 5.27. The van der Waals surface area contributed by atoms with Crippen LogP contribution in [-0.2, 0) is 9.53 Å². The molecule has 6 N–H and O–H groups in total. The number of hydrogen-bond acceptors (Lipinski definition) is 7. The van der Waals surface area contributed by atoms with Crippen LogP contribution in [0, 0.1) is 6.92 Å². The lowest BCUT2D eigenvalue weighted by atomic mass is 10.3. The van der Waals surface area contributed by atoms with E-state index in [4.69, 9.17) is 16.2 Å². The summed E-state index contributed by atoms with van der Waals surface area (Å²) in [5.41, 5.74) is 11.8. The quantitative estimate of drug-likeness (QED) is 0.559. The fourth-order valence-electron chi connectivity index (χ4n) is 1.85. The summed E-state index contributed by atoms with van der Waals surface area (Å²) in [4.78, 5) is 20.0. The van der Waals surface area contributed by atoms with Crippen LogP contribution in [0.25, 0.3) is 0 Å². The predicted molar refractivity (Wildman–Crippen MR) is 80.4 cm³/mol. The number of nitrogen functional groups attached to an aromatic ring is 2. The highest BCUT2D eigenvalue weighted by atomic mass is 16.5. The van der Waals surface area contributed by atoms with Gasteiger partial charge in [-0.2, -0.15) is 0 Å². The Hall–Kier alpha value is -2.09. The Morgan fingerprint density at radius 3 is 2.62 bits per heavy atom. The molecule has 8 heteroatoms. The van der Waals surface area contributed by atoms with Crippen LogP contribution in [-0.4, -0.2) is 34.2 Å². The first-order valence-corrected chi connectivity index (χ1v) is 6.98. The van der Waals surface area contributed by atoms with Crippen molar-refractivity contribution in [3.8, 4) is 0 Å². The topological polar surface area (TPSA) is 128 Å². The van der Waals surface area contributed by atoms with Crippen LogP contribution in [0.1, 0.15) is 32.5 Å². The molecule has 0 aromatic carbocycles. The molecule has 1 aliphatic rings. The number of aromatic nitrogens is 2. The van der Waals surface area contributed by atoms with Crippen LogP contribution in [0.3, 0.4) is 0 Å². The summed E-state index contributed by atoms with van der Waals surface area (Å²) in [5, 5.41) is 5.88. The summed E-state index contributed by atoms with van der Waals surface area (Å²) in [6.45, 7) is 5.20. The molecule has 116 valence electrons. The molecule has 2 atom stereocenters. The maximum Gasteiger partial charge on any atom is 0.249 e. The Morgan fingerprint density at radius 1 is 1.33 bits per heavy atom. The number of hydrogen-bond donors (Lipinski definition) is 4. The number of nitrogens with one attached hydrogen (secondary N) is 2. The van der Waals surface area contributed by atoms with E-state index in [1.165, 1.54) is 0 Å². The number of nitrogens with zero attached hydrogens (tertiary/aromatic N) is 2. The molecule has 1 amide bonds. The van der Waals surface area contributed by atoms with Crippen molar-refractivity contribution >= 4 is 23.2 Å². The summed E-state index contributed by atoms with van der Waals surface area (Å²) in [5.74, 6) is 1.02. The van der Waals surface area contributed by atoms with Gasteiger partial charge in [-0.05, 0) is 33.6 Å². The molecule has 0 radical (unpaired) electrons. The van der Waals surface area contributed by atoms with Crippen molar-refractivity contribution in [1.29, 1.82) is 0 Å². The lowest BCUT2D eigenvalue weighted by Gasteiger charge is -2.21. The summed E-state index contributed by atoms with van der Waals surface area (Å²) < 4.78 is 5.60. The van der Waals surface area contributed by atoms with Crippen molar-refractivity contribution < 1.29 is 9.53 Å². The highest BCUT2D eigenvalue weighted by molar-refractivity contribution is 5.81. The molecule has 1 aliphatic carbocycles. The molecule has 0 saturated heterocycles. The average Bonchev–Trinajstić information content (AvgIpc) is 3.19. The molecule has 1 saturated carbocycles. The molecule has 0 bridgehead atoms. The van der Waals surface area contributed by atoms with E-state index in [2.05, 4.69) is 20.6 Å². The SMILES string of the molecule is Cc1nc(N)c(N)c(N[C@@H](C)O[C@@H](C)C(=O)NC2CC2)n1. The lowest BCUT2D eigenvalue weighted by Crippen LogP contribution is -2.39. The minimum absolute atomic E-state index is 0.113. The van der Waals surface area contributed by atoms with E-state index >= 15 is 0 Å². The van der Waals surface area contributed by atoms with Crippen molar-refractivity contribution in [1.82, 2.24) is 15.3 Å². The Balaban J connectivity index is 1.91. The standard InChI is InChI=1S/C13H22N6O2/c1-6(13(20)19-9-4-5-9)21-8(3)18-12-10(14)11(15)16-7(2)17-12/h6,8-9H,4-5,14H2,1-3H3,(H,19,20)(H3,15,16,17,18)/t6-,8+/m0/s1. The minimum atomic E-state index is -0.561. The molecule has 2 rings (SSSR count). The maximum absolute atomic E-state index is 11.8. The number of carbonyl (C=O) groups is 1. The third kappa shape index (κ3) is 4.19. The van der Waals surface area contributed by atoms with Crippen LogP contribution in [0.5, 0.6) is 0 Å². The van der Waals surface area contributed by atoms with Gasteiger partial charge in [0.1, 0.15) is 23.8 Å². The molecule has 1 aromatic rings. The molecule has 1 aromatic heterocycles. The van der Waals surface area contributed by atoms with E-state index in [-0.39, 0.29) is 17.4 Å². The van der Waals surface area contributed by atoms with Crippen LogP contribution < -0.4 is 22.1 Å². The molecule has 1 heterocycles. The second-order valence-corrected chi connectivity index (χ2v) is 5.27. The van der Waals surface area contributed by atoms with Crippen molar-refractivity contribution in [2.24, 2.45) is 0 Å². The molecule has 0 spiro atoms. The number of carbonyl (C=O) groups excluding carboxylic acids is 1. The van der Waals surface area contributed by atoms with Crippen LogP contribution in [0.4, 0.5) is 17.3 Å². The van der Waals surface area contributed by atoms with Gasteiger partial charge < -0.3 is 26.8 Å². The van der Waals surface area contributed by atoms with Gasteiger partial charge in [-0.1, -0.05) is 0 Å².